The number of rotatable bonds is 4. The number of urea groups is 1. The first-order valence-electron chi connectivity index (χ1n) is 5.23. The molecule has 0 saturated carbocycles. The highest BCUT2D eigenvalue weighted by molar-refractivity contribution is 5.91. The number of aliphatic carboxylic acids is 1. The maximum atomic E-state index is 11.7. The number of hydrogen-bond acceptors (Lipinski definition) is 3. The van der Waals surface area contributed by atoms with E-state index in [1.54, 1.807) is 25.3 Å². The van der Waals surface area contributed by atoms with Crippen molar-refractivity contribution in [1.29, 1.82) is 0 Å². The fourth-order valence-corrected chi connectivity index (χ4v) is 1.40. The first kappa shape index (κ1) is 13.0. The van der Waals surface area contributed by atoms with E-state index in [1.165, 1.54) is 13.2 Å². The van der Waals surface area contributed by atoms with Gasteiger partial charge in [0.2, 0.25) is 0 Å². The zero-order valence-corrected chi connectivity index (χ0v) is 9.75. The Hall–Kier alpha value is -2.11. The van der Waals surface area contributed by atoms with Crippen molar-refractivity contribution in [2.45, 2.75) is 19.4 Å². The molecule has 1 heterocycles. The van der Waals surface area contributed by atoms with Crippen molar-refractivity contribution in [2.24, 2.45) is 0 Å². The number of carbonyl (C=O) groups excluding carboxylic acids is 1. The van der Waals surface area contributed by atoms with Gasteiger partial charge < -0.3 is 15.3 Å². The highest BCUT2D eigenvalue weighted by Gasteiger charge is 2.24. The predicted octanol–water partition coefficient (Wildman–Crippen LogP) is 1.41. The zero-order chi connectivity index (χ0) is 12.8. The molecule has 1 unspecified atom stereocenters. The lowest BCUT2D eigenvalue weighted by Gasteiger charge is -2.23. The van der Waals surface area contributed by atoms with E-state index in [0.29, 0.717) is 12.1 Å². The second kappa shape index (κ2) is 5.83. The van der Waals surface area contributed by atoms with E-state index in [2.05, 4.69) is 10.3 Å². The van der Waals surface area contributed by atoms with Crippen LogP contribution in [0.1, 0.15) is 13.3 Å². The zero-order valence-electron chi connectivity index (χ0n) is 9.75. The van der Waals surface area contributed by atoms with Crippen LogP contribution in [0.3, 0.4) is 0 Å². The van der Waals surface area contributed by atoms with Crippen molar-refractivity contribution in [2.75, 3.05) is 12.4 Å². The molecule has 0 radical (unpaired) electrons. The Morgan fingerprint density at radius 2 is 2.29 bits per heavy atom. The smallest absolute Gasteiger partial charge is 0.326 e. The van der Waals surface area contributed by atoms with E-state index < -0.39 is 18.0 Å². The SMILES string of the molecule is CCC(C(=O)O)N(C)C(=O)Nc1cccnc1. The number of likely N-dealkylation sites (N-methyl/N-ethyl adjacent to an activating group) is 1. The van der Waals surface area contributed by atoms with Crippen LogP contribution in [0.2, 0.25) is 0 Å². The molecule has 1 atom stereocenters. The van der Waals surface area contributed by atoms with Gasteiger partial charge in [-0.1, -0.05) is 6.92 Å². The molecule has 0 bridgehead atoms. The average molecular weight is 237 g/mol. The Kier molecular flexibility index (Phi) is 4.45. The maximum absolute atomic E-state index is 11.7. The minimum absolute atomic E-state index is 0.353. The van der Waals surface area contributed by atoms with Gasteiger partial charge in [-0.3, -0.25) is 4.98 Å². The van der Waals surface area contributed by atoms with Crippen LogP contribution in [-0.4, -0.2) is 40.1 Å². The van der Waals surface area contributed by atoms with E-state index in [0.717, 1.165) is 4.90 Å². The molecule has 0 aliphatic rings. The summed E-state index contributed by atoms with van der Waals surface area (Å²) in [5.41, 5.74) is 0.532. The number of carbonyl (C=O) groups is 2. The Morgan fingerprint density at radius 1 is 1.59 bits per heavy atom. The van der Waals surface area contributed by atoms with Crippen LogP contribution in [0.25, 0.3) is 0 Å². The average Bonchev–Trinajstić information content (AvgIpc) is 2.30. The lowest BCUT2D eigenvalue weighted by Crippen LogP contribution is -2.44. The van der Waals surface area contributed by atoms with E-state index in [9.17, 15) is 9.59 Å². The summed E-state index contributed by atoms with van der Waals surface area (Å²) in [7, 11) is 1.45. The van der Waals surface area contributed by atoms with Crippen LogP contribution >= 0.6 is 0 Å². The highest BCUT2D eigenvalue weighted by atomic mass is 16.4. The number of pyridine rings is 1. The van der Waals surface area contributed by atoms with Gasteiger partial charge in [0, 0.05) is 13.2 Å². The van der Waals surface area contributed by atoms with Gasteiger partial charge in [0.05, 0.1) is 11.9 Å². The Balaban J connectivity index is 2.67. The molecular formula is C11H15N3O3. The third-order valence-electron chi connectivity index (χ3n) is 2.37. The van der Waals surface area contributed by atoms with Gasteiger partial charge in [-0.05, 0) is 18.6 Å². The third-order valence-corrected chi connectivity index (χ3v) is 2.37. The minimum Gasteiger partial charge on any atom is -0.480 e. The fourth-order valence-electron chi connectivity index (χ4n) is 1.40. The summed E-state index contributed by atoms with van der Waals surface area (Å²) in [6, 6.07) is 2.07. The van der Waals surface area contributed by atoms with Gasteiger partial charge >= 0.3 is 12.0 Å². The van der Waals surface area contributed by atoms with E-state index >= 15 is 0 Å². The van der Waals surface area contributed by atoms with Gasteiger partial charge in [0.25, 0.3) is 0 Å². The Labute approximate surface area is 99.3 Å². The van der Waals surface area contributed by atoms with Crippen molar-refractivity contribution >= 4 is 17.7 Å². The second-order valence-electron chi connectivity index (χ2n) is 3.55. The molecule has 1 rings (SSSR count). The molecule has 1 aromatic heterocycles. The highest BCUT2D eigenvalue weighted by Crippen LogP contribution is 2.07. The molecule has 0 fully saturated rings. The minimum atomic E-state index is -1.02. The lowest BCUT2D eigenvalue weighted by molar-refractivity contribution is -0.141. The van der Waals surface area contributed by atoms with Crippen molar-refractivity contribution in [3.05, 3.63) is 24.5 Å². The van der Waals surface area contributed by atoms with E-state index in [1.807, 2.05) is 0 Å². The molecule has 0 spiro atoms. The van der Waals surface area contributed by atoms with Crippen LogP contribution in [-0.2, 0) is 4.79 Å². The number of carboxylic acid groups (broad SMARTS) is 1. The summed E-state index contributed by atoms with van der Waals surface area (Å²) in [5.74, 6) is -1.02. The van der Waals surface area contributed by atoms with Crippen LogP contribution in [0.4, 0.5) is 10.5 Å². The summed E-state index contributed by atoms with van der Waals surface area (Å²) < 4.78 is 0. The quantitative estimate of drug-likeness (QED) is 0.829. The van der Waals surface area contributed by atoms with Crippen LogP contribution in [0.5, 0.6) is 0 Å². The van der Waals surface area contributed by atoms with E-state index in [-0.39, 0.29) is 0 Å². The van der Waals surface area contributed by atoms with E-state index in [4.69, 9.17) is 5.11 Å². The first-order valence-corrected chi connectivity index (χ1v) is 5.23. The molecular weight excluding hydrogens is 222 g/mol. The van der Waals surface area contributed by atoms with Crippen molar-refractivity contribution in [3.8, 4) is 0 Å². The Morgan fingerprint density at radius 3 is 2.76 bits per heavy atom. The van der Waals surface area contributed by atoms with Crippen LogP contribution in [0.15, 0.2) is 24.5 Å². The molecule has 6 heteroatoms. The van der Waals surface area contributed by atoms with Crippen molar-refractivity contribution in [3.63, 3.8) is 0 Å². The third kappa shape index (κ3) is 3.44. The summed E-state index contributed by atoms with van der Waals surface area (Å²) in [4.78, 5) is 27.6. The van der Waals surface area contributed by atoms with Gasteiger partial charge in [-0.2, -0.15) is 0 Å². The molecule has 0 aliphatic carbocycles. The number of anilines is 1. The molecule has 92 valence electrons. The molecule has 6 nitrogen and oxygen atoms in total. The summed E-state index contributed by atoms with van der Waals surface area (Å²) in [6.07, 6.45) is 3.44. The standard InChI is InChI=1S/C11H15N3O3/c1-3-9(10(15)16)14(2)11(17)13-8-5-4-6-12-7-8/h4-7,9H,3H2,1-2H3,(H,13,17)(H,15,16). The maximum Gasteiger partial charge on any atom is 0.326 e. The summed E-state index contributed by atoms with van der Waals surface area (Å²) >= 11 is 0. The first-order chi connectivity index (χ1) is 8.06. The number of nitrogens with one attached hydrogen (secondary N) is 1. The number of hydrogen-bond donors (Lipinski definition) is 2. The van der Waals surface area contributed by atoms with Gasteiger partial charge in [-0.15, -0.1) is 0 Å². The molecule has 0 aliphatic heterocycles. The van der Waals surface area contributed by atoms with Crippen LogP contribution < -0.4 is 5.32 Å². The molecule has 0 saturated heterocycles. The number of nitrogens with zero attached hydrogens (tertiary/aromatic N) is 2. The van der Waals surface area contributed by atoms with Gasteiger partial charge in [-0.25, -0.2) is 9.59 Å². The fraction of sp³-hybridized carbons (Fsp3) is 0.364. The lowest BCUT2D eigenvalue weighted by atomic mass is 10.2. The molecule has 17 heavy (non-hydrogen) atoms. The number of carboxylic acids is 1. The molecule has 2 N–H and O–H groups in total. The molecule has 0 aromatic carbocycles. The largest absolute Gasteiger partial charge is 0.480 e. The summed E-state index contributed by atoms with van der Waals surface area (Å²) in [5, 5.41) is 11.5. The normalized spacial score (nSPS) is 11.6. The van der Waals surface area contributed by atoms with Gasteiger partial charge in [0.15, 0.2) is 0 Å². The predicted molar refractivity (Wildman–Crippen MR) is 62.7 cm³/mol. The van der Waals surface area contributed by atoms with Crippen molar-refractivity contribution in [1.82, 2.24) is 9.88 Å². The summed E-state index contributed by atoms with van der Waals surface area (Å²) in [6.45, 7) is 1.71. The van der Waals surface area contributed by atoms with Gasteiger partial charge in [0.1, 0.15) is 6.04 Å². The monoisotopic (exact) mass is 237 g/mol. The number of amides is 2. The Bertz CT molecular complexity index is 394. The molecule has 1 aromatic rings. The van der Waals surface area contributed by atoms with Crippen LogP contribution in [0, 0.1) is 0 Å². The molecule has 2 amide bonds. The van der Waals surface area contributed by atoms with Crippen molar-refractivity contribution < 1.29 is 14.7 Å². The topological polar surface area (TPSA) is 82.5 Å². The number of aromatic nitrogens is 1. The second-order valence-corrected chi connectivity index (χ2v) is 3.55.